The Bertz CT molecular complexity index is 1270. The van der Waals surface area contributed by atoms with Crippen molar-refractivity contribution in [2.24, 2.45) is 0 Å². The molecule has 2 aromatic heterocycles. The van der Waals surface area contributed by atoms with Crippen LogP contribution in [0.4, 0.5) is 14.6 Å². The van der Waals surface area contributed by atoms with Gasteiger partial charge in [0.2, 0.25) is 0 Å². The van der Waals surface area contributed by atoms with Crippen molar-refractivity contribution in [1.29, 1.82) is 5.26 Å². The Kier molecular flexibility index (Phi) is 5.65. The van der Waals surface area contributed by atoms with E-state index in [4.69, 9.17) is 19.2 Å². The van der Waals surface area contributed by atoms with Gasteiger partial charge < -0.3 is 19.1 Å². The quantitative estimate of drug-likeness (QED) is 0.560. The number of methoxy groups -OCH3 is 2. The smallest absolute Gasteiger partial charge is 0.177 e. The number of rotatable bonds is 5. The van der Waals surface area contributed by atoms with Gasteiger partial charge in [-0.3, -0.25) is 0 Å². The van der Waals surface area contributed by atoms with E-state index in [1.165, 1.54) is 14.2 Å². The third kappa shape index (κ3) is 3.47. The number of fused-ring (bicyclic) bond motifs is 1. The molecule has 0 bridgehead atoms. The molecule has 0 radical (unpaired) electrons. The maximum atomic E-state index is 15.3. The molecule has 2 aliphatic rings. The summed E-state index contributed by atoms with van der Waals surface area (Å²) in [6.07, 6.45) is 3.94. The molecule has 0 N–H and O–H groups in total. The normalized spacial score (nSPS) is 17.2. The first kappa shape index (κ1) is 22.2. The molecule has 3 heterocycles. The van der Waals surface area contributed by atoms with Gasteiger partial charge in [-0.15, -0.1) is 0 Å². The molecule has 1 saturated heterocycles. The SMILES string of the molecule is COc1cc(OC)c(F)c(-c2cc3cnc(C4(C#N)CCC4)nc3c(N3CCOCC3)n2)c1F. The van der Waals surface area contributed by atoms with Gasteiger partial charge in [-0.05, 0) is 25.3 Å². The summed E-state index contributed by atoms with van der Waals surface area (Å²) in [6.45, 7) is 2.06. The van der Waals surface area contributed by atoms with Crippen molar-refractivity contribution in [3.63, 3.8) is 0 Å². The van der Waals surface area contributed by atoms with E-state index >= 15 is 8.78 Å². The van der Waals surface area contributed by atoms with Crippen LogP contribution >= 0.6 is 0 Å². The maximum absolute atomic E-state index is 15.3. The number of hydrogen-bond acceptors (Lipinski definition) is 8. The molecule has 1 aliphatic carbocycles. The number of benzene rings is 1. The number of halogens is 2. The van der Waals surface area contributed by atoms with Gasteiger partial charge in [-0.1, -0.05) is 0 Å². The van der Waals surface area contributed by atoms with E-state index in [1.54, 1.807) is 12.3 Å². The van der Waals surface area contributed by atoms with Crippen LogP contribution in [-0.2, 0) is 10.2 Å². The van der Waals surface area contributed by atoms with Crippen LogP contribution in [-0.4, -0.2) is 55.5 Å². The third-order valence-corrected chi connectivity index (χ3v) is 6.54. The zero-order chi connectivity index (χ0) is 23.9. The van der Waals surface area contributed by atoms with Crippen molar-refractivity contribution in [3.8, 4) is 28.8 Å². The molecule has 0 atom stereocenters. The van der Waals surface area contributed by atoms with Crippen LogP contribution in [0.1, 0.15) is 25.1 Å². The summed E-state index contributed by atoms with van der Waals surface area (Å²) in [5.74, 6) is -1.15. The van der Waals surface area contributed by atoms with E-state index in [0.29, 0.717) is 61.7 Å². The summed E-state index contributed by atoms with van der Waals surface area (Å²) in [5, 5.41) is 10.3. The number of hydrogen-bond donors (Lipinski definition) is 0. The lowest BCUT2D eigenvalue weighted by atomic mass is 9.69. The highest BCUT2D eigenvalue weighted by Gasteiger charge is 2.42. The van der Waals surface area contributed by atoms with Gasteiger partial charge in [0.15, 0.2) is 29.0 Å². The lowest BCUT2D eigenvalue weighted by Gasteiger charge is -2.34. The molecule has 10 heteroatoms. The first-order valence-electron chi connectivity index (χ1n) is 11.0. The molecule has 5 rings (SSSR count). The van der Waals surface area contributed by atoms with Crippen molar-refractivity contribution in [3.05, 3.63) is 35.8 Å². The van der Waals surface area contributed by atoms with E-state index in [2.05, 4.69) is 16.0 Å². The van der Waals surface area contributed by atoms with Crippen LogP contribution < -0.4 is 14.4 Å². The summed E-state index contributed by atoms with van der Waals surface area (Å²) >= 11 is 0. The summed E-state index contributed by atoms with van der Waals surface area (Å²) < 4.78 is 46.2. The van der Waals surface area contributed by atoms with Gasteiger partial charge in [0.25, 0.3) is 0 Å². The summed E-state index contributed by atoms with van der Waals surface area (Å²) in [7, 11) is 2.60. The minimum Gasteiger partial charge on any atom is -0.494 e. The minimum absolute atomic E-state index is 0.0659. The molecule has 1 saturated carbocycles. The Labute approximate surface area is 195 Å². The molecule has 8 nitrogen and oxygen atoms in total. The molecule has 34 heavy (non-hydrogen) atoms. The van der Waals surface area contributed by atoms with Gasteiger partial charge in [-0.25, -0.2) is 23.7 Å². The molecule has 3 aromatic rings. The molecule has 176 valence electrons. The van der Waals surface area contributed by atoms with Gasteiger partial charge in [0.05, 0.1) is 44.8 Å². The number of anilines is 1. The fourth-order valence-corrected chi connectivity index (χ4v) is 4.40. The van der Waals surface area contributed by atoms with Crippen molar-refractivity contribution in [2.75, 3.05) is 45.4 Å². The number of morpholine rings is 1. The number of pyridine rings is 1. The van der Waals surface area contributed by atoms with Gasteiger partial charge in [0, 0.05) is 30.7 Å². The van der Waals surface area contributed by atoms with Crippen LogP contribution in [0.15, 0.2) is 18.3 Å². The molecular formula is C24H23F2N5O3. The standard InChI is InChI=1S/C24H23F2N5O3/c1-32-16-11-17(33-2)20(26)18(19(16)25)15-10-14-12-28-23(24(13-27)4-3-5-24)30-21(14)22(29-15)31-6-8-34-9-7-31/h10-12H,3-9H2,1-2H3. The van der Waals surface area contributed by atoms with Crippen LogP contribution in [0.25, 0.3) is 22.2 Å². The fourth-order valence-electron chi connectivity index (χ4n) is 4.40. The number of nitrogens with zero attached hydrogens (tertiary/aromatic N) is 5. The molecule has 2 fully saturated rings. The Morgan fingerprint density at radius 3 is 2.29 bits per heavy atom. The van der Waals surface area contributed by atoms with Crippen LogP contribution in [0.5, 0.6) is 11.5 Å². The Morgan fingerprint density at radius 1 is 1.06 bits per heavy atom. The van der Waals surface area contributed by atoms with Crippen LogP contribution in [0.2, 0.25) is 0 Å². The highest BCUT2D eigenvalue weighted by Crippen LogP contribution is 2.43. The summed E-state index contributed by atoms with van der Waals surface area (Å²) in [5.41, 5.74) is -0.457. The van der Waals surface area contributed by atoms with Gasteiger partial charge in [0.1, 0.15) is 16.8 Å². The molecule has 1 aromatic carbocycles. The monoisotopic (exact) mass is 467 g/mol. The number of nitriles is 1. The Morgan fingerprint density at radius 2 is 1.74 bits per heavy atom. The van der Waals surface area contributed by atoms with Crippen LogP contribution in [0, 0.1) is 23.0 Å². The lowest BCUT2D eigenvalue weighted by molar-refractivity contribution is 0.122. The first-order chi connectivity index (χ1) is 16.5. The number of aromatic nitrogens is 3. The molecule has 1 aliphatic heterocycles. The van der Waals surface area contributed by atoms with E-state index < -0.39 is 17.0 Å². The van der Waals surface area contributed by atoms with E-state index in [1.807, 2.05) is 4.90 Å². The fraction of sp³-hybridized carbons (Fsp3) is 0.417. The highest BCUT2D eigenvalue weighted by molar-refractivity contribution is 5.92. The van der Waals surface area contributed by atoms with Crippen molar-refractivity contribution in [2.45, 2.75) is 24.7 Å². The average molecular weight is 467 g/mol. The second-order valence-corrected chi connectivity index (χ2v) is 8.39. The molecule has 0 amide bonds. The Balaban J connectivity index is 1.75. The third-order valence-electron chi connectivity index (χ3n) is 6.54. The van der Waals surface area contributed by atoms with Gasteiger partial charge >= 0.3 is 0 Å². The first-order valence-corrected chi connectivity index (χ1v) is 11.0. The second-order valence-electron chi connectivity index (χ2n) is 8.39. The maximum Gasteiger partial charge on any atom is 0.177 e. The topological polar surface area (TPSA) is 93.4 Å². The van der Waals surface area contributed by atoms with Gasteiger partial charge in [-0.2, -0.15) is 5.26 Å². The lowest BCUT2D eigenvalue weighted by Crippen LogP contribution is -2.37. The van der Waals surface area contributed by atoms with Crippen molar-refractivity contribution >= 4 is 16.7 Å². The summed E-state index contributed by atoms with van der Waals surface area (Å²) in [6, 6.07) is 5.07. The molecular weight excluding hydrogens is 444 g/mol. The van der Waals surface area contributed by atoms with Crippen LogP contribution in [0.3, 0.4) is 0 Å². The molecule has 0 unspecified atom stereocenters. The largest absolute Gasteiger partial charge is 0.494 e. The Hall–Kier alpha value is -3.58. The van der Waals surface area contributed by atoms with E-state index in [9.17, 15) is 5.26 Å². The summed E-state index contributed by atoms with van der Waals surface area (Å²) in [4.78, 5) is 15.8. The van der Waals surface area contributed by atoms with Crippen molar-refractivity contribution in [1.82, 2.24) is 15.0 Å². The predicted molar refractivity (Wildman–Crippen MR) is 120 cm³/mol. The zero-order valence-electron chi connectivity index (χ0n) is 18.9. The second kappa shape index (κ2) is 8.65. The predicted octanol–water partition coefficient (Wildman–Crippen LogP) is 3.77. The average Bonchev–Trinajstić information content (AvgIpc) is 2.84. The minimum atomic E-state index is -0.879. The zero-order valence-corrected chi connectivity index (χ0v) is 18.9. The molecule has 0 spiro atoms. The highest BCUT2D eigenvalue weighted by atomic mass is 19.1. The van der Waals surface area contributed by atoms with Crippen molar-refractivity contribution < 1.29 is 23.0 Å². The van der Waals surface area contributed by atoms with E-state index in [0.717, 1.165) is 12.5 Å². The number of ether oxygens (including phenoxy) is 3. The van der Waals surface area contributed by atoms with E-state index in [-0.39, 0.29) is 22.8 Å².